The fourth-order valence-electron chi connectivity index (χ4n) is 2.62. The summed E-state index contributed by atoms with van der Waals surface area (Å²) >= 11 is 0. The van der Waals surface area contributed by atoms with Crippen molar-refractivity contribution in [3.63, 3.8) is 0 Å². The maximum Gasteiger partial charge on any atom is 0.179 e. The molecule has 2 heteroatoms. The molecule has 0 bridgehead atoms. The molecule has 112 valence electrons. The van der Waals surface area contributed by atoms with Crippen molar-refractivity contribution in [2.75, 3.05) is 6.54 Å². The zero-order valence-corrected chi connectivity index (χ0v) is 13.4. The van der Waals surface area contributed by atoms with Crippen LogP contribution in [-0.2, 0) is 0 Å². The van der Waals surface area contributed by atoms with E-state index in [1.165, 1.54) is 6.42 Å². The van der Waals surface area contributed by atoms with Crippen molar-refractivity contribution in [1.82, 2.24) is 4.90 Å². The highest BCUT2D eigenvalue weighted by atomic mass is 16.1. The van der Waals surface area contributed by atoms with Crippen molar-refractivity contribution in [3.05, 3.63) is 35.9 Å². The van der Waals surface area contributed by atoms with E-state index in [1.54, 1.807) is 0 Å². The molecule has 0 amide bonds. The summed E-state index contributed by atoms with van der Waals surface area (Å²) in [6.45, 7) is 9.77. The van der Waals surface area contributed by atoms with Gasteiger partial charge >= 0.3 is 0 Å². The molecule has 1 aromatic carbocycles. The maximum absolute atomic E-state index is 12.8. The summed E-state index contributed by atoms with van der Waals surface area (Å²) in [4.78, 5) is 15.2. The molecule has 2 atom stereocenters. The quantitative estimate of drug-likeness (QED) is 0.616. The summed E-state index contributed by atoms with van der Waals surface area (Å²) in [7, 11) is 0. The second kappa shape index (κ2) is 8.91. The molecule has 0 radical (unpaired) electrons. The summed E-state index contributed by atoms with van der Waals surface area (Å²) in [6, 6.07) is 10.2. The third-order valence-electron chi connectivity index (χ3n) is 4.07. The third kappa shape index (κ3) is 4.45. The lowest BCUT2D eigenvalue weighted by molar-refractivity contribution is 0.0727. The van der Waals surface area contributed by atoms with E-state index in [9.17, 15) is 4.79 Å². The van der Waals surface area contributed by atoms with Crippen LogP contribution in [0.25, 0.3) is 0 Å². The molecule has 0 heterocycles. The molecule has 0 aliphatic carbocycles. The van der Waals surface area contributed by atoms with Crippen LogP contribution in [0.1, 0.15) is 63.7 Å². The Bertz CT molecular complexity index is 388. The van der Waals surface area contributed by atoms with Gasteiger partial charge in [-0.1, -0.05) is 57.5 Å². The lowest BCUT2D eigenvalue weighted by Crippen LogP contribution is -2.46. The van der Waals surface area contributed by atoms with Crippen LogP contribution in [0.2, 0.25) is 0 Å². The number of ketones is 1. The Morgan fingerprint density at radius 1 is 1.10 bits per heavy atom. The molecule has 2 unspecified atom stereocenters. The Morgan fingerprint density at radius 2 is 1.75 bits per heavy atom. The van der Waals surface area contributed by atoms with Crippen LogP contribution in [0.15, 0.2) is 30.3 Å². The van der Waals surface area contributed by atoms with Crippen LogP contribution in [0, 0.1) is 0 Å². The molecule has 0 aliphatic rings. The molecule has 0 fully saturated rings. The zero-order valence-electron chi connectivity index (χ0n) is 13.4. The molecule has 20 heavy (non-hydrogen) atoms. The molecule has 1 rings (SSSR count). The minimum Gasteiger partial charge on any atom is -0.292 e. The van der Waals surface area contributed by atoms with E-state index in [0.29, 0.717) is 6.04 Å². The standard InChI is InChI=1S/C18H29NO/c1-5-8-14-19(15(4)6-2)17(7-3)18(20)16-12-10-9-11-13-16/h9-13,15,17H,5-8,14H2,1-4H3. The molecule has 0 spiro atoms. The molecular formula is C18H29NO. The van der Waals surface area contributed by atoms with Gasteiger partial charge in [-0.3, -0.25) is 9.69 Å². The summed E-state index contributed by atoms with van der Waals surface area (Å²) in [6.07, 6.45) is 4.29. The molecular weight excluding hydrogens is 246 g/mol. The first-order valence-electron chi connectivity index (χ1n) is 8.00. The van der Waals surface area contributed by atoms with Crippen molar-refractivity contribution < 1.29 is 4.79 Å². The van der Waals surface area contributed by atoms with Crippen molar-refractivity contribution in [2.24, 2.45) is 0 Å². The van der Waals surface area contributed by atoms with E-state index in [1.807, 2.05) is 30.3 Å². The first kappa shape index (κ1) is 16.9. The Hall–Kier alpha value is -1.15. The monoisotopic (exact) mass is 275 g/mol. The number of benzene rings is 1. The van der Waals surface area contributed by atoms with Gasteiger partial charge in [-0.15, -0.1) is 0 Å². The minimum atomic E-state index is 0.0129. The van der Waals surface area contributed by atoms with E-state index < -0.39 is 0 Å². The molecule has 0 aliphatic heterocycles. The van der Waals surface area contributed by atoms with Crippen LogP contribution in [0.5, 0.6) is 0 Å². The van der Waals surface area contributed by atoms with Gasteiger partial charge in [-0.05, 0) is 32.7 Å². The van der Waals surface area contributed by atoms with Gasteiger partial charge in [0.25, 0.3) is 0 Å². The topological polar surface area (TPSA) is 20.3 Å². The lowest BCUT2D eigenvalue weighted by Gasteiger charge is -2.35. The number of carbonyl (C=O) groups excluding carboxylic acids is 1. The fraction of sp³-hybridized carbons (Fsp3) is 0.611. The summed E-state index contributed by atoms with van der Waals surface area (Å²) < 4.78 is 0. The second-order valence-corrected chi connectivity index (χ2v) is 5.50. The summed E-state index contributed by atoms with van der Waals surface area (Å²) in [5, 5.41) is 0. The van der Waals surface area contributed by atoms with E-state index in [4.69, 9.17) is 0 Å². The predicted molar refractivity (Wildman–Crippen MR) is 86.2 cm³/mol. The maximum atomic E-state index is 12.8. The van der Waals surface area contributed by atoms with Gasteiger partial charge < -0.3 is 0 Å². The van der Waals surface area contributed by atoms with Crippen LogP contribution < -0.4 is 0 Å². The normalized spacial score (nSPS) is 14.2. The average molecular weight is 275 g/mol. The van der Waals surface area contributed by atoms with Crippen molar-refractivity contribution in [2.45, 2.75) is 65.5 Å². The first-order valence-corrected chi connectivity index (χ1v) is 8.00. The number of hydrogen-bond acceptors (Lipinski definition) is 2. The number of nitrogens with zero attached hydrogens (tertiary/aromatic N) is 1. The molecule has 0 saturated heterocycles. The van der Waals surface area contributed by atoms with Crippen molar-refractivity contribution >= 4 is 5.78 Å². The van der Waals surface area contributed by atoms with Gasteiger partial charge in [0, 0.05) is 11.6 Å². The number of Topliss-reactive ketones (excluding diaryl/α,β-unsaturated/α-hetero) is 1. The van der Waals surface area contributed by atoms with E-state index in [-0.39, 0.29) is 11.8 Å². The van der Waals surface area contributed by atoms with Gasteiger partial charge in [0.2, 0.25) is 0 Å². The largest absolute Gasteiger partial charge is 0.292 e. The Kier molecular flexibility index (Phi) is 7.53. The number of unbranched alkanes of at least 4 members (excludes halogenated alkanes) is 1. The molecule has 0 N–H and O–H groups in total. The number of rotatable bonds is 9. The van der Waals surface area contributed by atoms with Gasteiger partial charge in [0.1, 0.15) is 0 Å². The third-order valence-corrected chi connectivity index (χ3v) is 4.07. The van der Waals surface area contributed by atoms with Crippen LogP contribution in [0.3, 0.4) is 0 Å². The molecule has 2 nitrogen and oxygen atoms in total. The Labute approximate surface area is 124 Å². The lowest BCUT2D eigenvalue weighted by atomic mass is 9.98. The smallest absolute Gasteiger partial charge is 0.179 e. The van der Waals surface area contributed by atoms with Crippen LogP contribution >= 0.6 is 0 Å². The van der Waals surface area contributed by atoms with E-state index >= 15 is 0 Å². The molecule has 0 aromatic heterocycles. The SMILES string of the molecule is CCCCN(C(C)CC)C(CC)C(=O)c1ccccc1. The van der Waals surface area contributed by atoms with Crippen molar-refractivity contribution in [3.8, 4) is 0 Å². The Balaban J connectivity index is 2.91. The fourth-order valence-corrected chi connectivity index (χ4v) is 2.62. The van der Waals surface area contributed by atoms with Gasteiger partial charge in [-0.2, -0.15) is 0 Å². The predicted octanol–water partition coefficient (Wildman–Crippen LogP) is 4.55. The minimum absolute atomic E-state index is 0.0129. The van der Waals surface area contributed by atoms with E-state index in [2.05, 4.69) is 32.6 Å². The van der Waals surface area contributed by atoms with Gasteiger partial charge in [0.15, 0.2) is 5.78 Å². The highest BCUT2D eigenvalue weighted by Crippen LogP contribution is 2.18. The van der Waals surface area contributed by atoms with Gasteiger partial charge in [0.05, 0.1) is 6.04 Å². The van der Waals surface area contributed by atoms with Crippen LogP contribution in [0.4, 0.5) is 0 Å². The van der Waals surface area contributed by atoms with Crippen LogP contribution in [-0.4, -0.2) is 29.3 Å². The summed E-state index contributed by atoms with van der Waals surface area (Å²) in [5.41, 5.74) is 0.837. The zero-order chi connectivity index (χ0) is 15.0. The number of carbonyl (C=O) groups is 1. The average Bonchev–Trinajstić information content (AvgIpc) is 2.51. The Morgan fingerprint density at radius 3 is 2.25 bits per heavy atom. The molecule has 0 saturated carbocycles. The first-order chi connectivity index (χ1) is 9.65. The van der Waals surface area contributed by atoms with E-state index in [0.717, 1.165) is 31.4 Å². The van der Waals surface area contributed by atoms with Gasteiger partial charge in [-0.25, -0.2) is 0 Å². The summed E-state index contributed by atoms with van der Waals surface area (Å²) in [5.74, 6) is 0.268. The number of hydrogen-bond donors (Lipinski definition) is 0. The highest BCUT2D eigenvalue weighted by molar-refractivity contribution is 6.00. The second-order valence-electron chi connectivity index (χ2n) is 5.50. The highest BCUT2D eigenvalue weighted by Gasteiger charge is 2.27. The molecule has 1 aromatic rings. The van der Waals surface area contributed by atoms with Crippen molar-refractivity contribution in [1.29, 1.82) is 0 Å².